The Kier molecular flexibility index (Phi) is 3.54. The van der Waals surface area contributed by atoms with Crippen LogP contribution in [0.5, 0.6) is 0 Å². The molecule has 0 aromatic heterocycles. The van der Waals surface area contributed by atoms with Gasteiger partial charge in [-0.25, -0.2) is 4.39 Å². The van der Waals surface area contributed by atoms with Crippen molar-refractivity contribution in [1.29, 1.82) is 0 Å². The molecule has 1 atom stereocenters. The van der Waals surface area contributed by atoms with Gasteiger partial charge in [0.2, 0.25) is 0 Å². The molecule has 0 aliphatic heterocycles. The van der Waals surface area contributed by atoms with Crippen LogP contribution in [-0.4, -0.2) is 17.8 Å². The topological polar surface area (TPSA) is 46.2 Å². The van der Waals surface area contributed by atoms with Crippen molar-refractivity contribution in [3.8, 4) is 0 Å². The molecule has 0 amide bonds. The van der Waals surface area contributed by atoms with Gasteiger partial charge in [0.1, 0.15) is 5.82 Å². The third-order valence-corrected chi connectivity index (χ3v) is 2.28. The van der Waals surface area contributed by atoms with Gasteiger partial charge < -0.3 is 10.8 Å². The van der Waals surface area contributed by atoms with Crippen LogP contribution in [0.1, 0.15) is 12.0 Å². The number of benzene rings is 1. The van der Waals surface area contributed by atoms with Gasteiger partial charge in [-0.15, -0.1) is 0 Å². The average Bonchev–Trinajstić information content (AvgIpc) is 2.16. The van der Waals surface area contributed by atoms with Crippen LogP contribution in [0.3, 0.4) is 0 Å². The van der Waals surface area contributed by atoms with E-state index in [1.165, 1.54) is 0 Å². The summed E-state index contributed by atoms with van der Waals surface area (Å²) < 4.78 is 50.9. The summed E-state index contributed by atoms with van der Waals surface area (Å²) in [5.74, 6) is -0.836. The summed E-state index contributed by atoms with van der Waals surface area (Å²) in [6, 6.07) is 3.79. The van der Waals surface area contributed by atoms with Crippen LogP contribution >= 0.6 is 0 Å². The lowest BCUT2D eigenvalue weighted by Crippen LogP contribution is -2.43. The van der Waals surface area contributed by atoms with Gasteiger partial charge in [0.15, 0.2) is 5.60 Å². The van der Waals surface area contributed by atoms with Crippen molar-refractivity contribution in [1.82, 2.24) is 0 Å². The molecule has 0 aliphatic rings. The van der Waals surface area contributed by atoms with Gasteiger partial charge in [-0.3, -0.25) is 0 Å². The fourth-order valence-corrected chi connectivity index (χ4v) is 1.40. The summed E-state index contributed by atoms with van der Waals surface area (Å²) in [5.41, 5.74) is 1.40. The minimum absolute atomic E-state index is 0.355. The maximum Gasteiger partial charge on any atom is 0.421 e. The zero-order valence-corrected chi connectivity index (χ0v) is 8.26. The fourth-order valence-electron chi connectivity index (χ4n) is 1.40. The summed E-state index contributed by atoms with van der Waals surface area (Å²) >= 11 is 0. The van der Waals surface area contributed by atoms with Crippen molar-refractivity contribution < 1.29 is 22.7 Å². The summed E-state index contributed by atoms with van der Waals surface area (Å²) in [4.78, 5) is 0. The van der Waals surface area contributed by atoms with E-state index in [1.54, 1.807) is 0 Å². The van der Waals surface area contributed by atoms with Crippen molar-refractivity contribution >= 4 is 0 Å². The van der Waals surface area contributed by atoms with E-state index in [-0.39, 0.29) is 6.54 Å². The van der Waals surface area contributed by atoms with Crippen LogP contribution in [0.25, 0.3) is 0 Å². The van der Waals surface area contributed by atoms with Gasteiger partial charge in [-0.2, -0.15) is 13.2 Å². The molecule has 1 aromatic rings. The van der Waals surface area contributed by atoms with E-state index >= 15 is 0 Å². The van der Waals surface area contributed by atoms with Gasteiger partial charge in [0.05, 0.1) is 0 Å². The Morgan fingerprint density at radius 2 is 1.88 bits per heavy atom. The van der Waals surface area contributed by atoms with Crippen molar-refractivity contribution in [2.24, 2.45) is 5.73 Å². The van der Waals surface area contributed by atoms with Gasteiger partial charge in [0, 0.05) is 6.42 Å². The lowest BCUT2D eigenvalue weighted by Gasteiger charge is -2.30. The minimum Gasteiger partial charge on any atom is -0.376 e. The Hall–Kier alpha value is -1.14. The predicted molar refractivity (Wildman–Crippen MR) is 50.0 cm³/mol. The number of nitrogens with two attached hydrogens (primary N) is 1. The Bertz CT molecular complexity index is 366. The monoisotopic (exact) mass is 237 g/mol. The van der Waals surface area contributed by atoms with E-state index in [9.17, 15) is 22.7 Å². The molecule has 0 radical (unpaired) electrons. The molecule has 0 heterocycles. The van der Waals surface area contributed by atoms with E-state index < -0.39 is 29.6 Å². The first-order chi connectivity index (χ1) is 7.31. The Balaban J connectivity index is 3.21. The van der Waals surface area contributed by atoms with Crippen LogP contribution < -0.4 is 5.73 Å². The van der Waals surface area contributed by atoms with E-state index in [0.29, 0.717) is 6.07 Å². The van der Waals surface area contributed by atoms with Crippen LogP contribution in [0.15, 0.2) is 24.3 Å². The highest BCUT2D eigenvalue weighted by Gasteiger charge is 2.54. The Morgan fingerprint density at radius 1 is 1.25 bits per heavy atom. The fraction of sp³-hybridized carbons (Fsp3) is 0.400. The molecule has 1 unspecified atom stereocenters. The number of hydrogen-bond acceptors (Lipinski definition) is 2. The molecule has 3 N–H and O–H groups in total. The molecular weight excluding hydrogens is 226 g/mol. The third-order valence-electron chi connectivity index (χ3n) is 2.28. The summed E-state index contributed by atoms with van der Waals surface area (Å²) in [6.07, 6.45) is -5.60. The van der Waals surface area contributed by atoms with Gasteiger partial charge in [-0.1, -0.05) is 12.1 Å². The zero-order chi connectivity index (χ0) is 12.4. The maximum absolute atomic E-state index is 12.8. The average molecular weight is 237 g/mol. The third kappa shape index (κ3) is 2.33. The number of rotatable bonds is 3. The summed E-state index contributed by atoms with van der Waals surface area (Å²) in [6.45, 7) is -0.355. The quantitative estimate of drug-likeness (QED) is 0.789. The van der Waals surface area contributed by atoms with Gasteiger partial charge >= 0.3 is 6.18 Å². The normalized spacial score (nSPS) is 15.9. The molecule has 0 spiro atoms. The first-order valence-corrected chi connectivity index (χ1v) is 4.56. The molecule has 1 aromatic carbocycles. The minimum atomic E-state index is -4.89. The smallest absolute Gasteiger partial charge is 0.376 e. The second-order valence-corrected chi connectivity index (χ2v) is 3.41. The van der Waals surface area contributed by atoms with E-state index in [4.69, 9.17) is 5.73 Å². The van der Waals surface area contributed by atoms with Crippen molar-refractivity contribution in [3.05, 3.63) is 35.6 Å². The van der Waals surface area contributed by atoms with E-state index in [1.807, 2.05) is 0 Å². The lowest BCUT2D eigenvalue weighted by atomic mass is 9.89. The summed E-state index contributed by atoms with van der Waals surface area (Å²) in [5, 5.41) is 9.57. The predicted octanol–water partition coefficient (Wildman–Crippen LogP) is 1.92. The molecule has 0 saturated carbocycles. The highest BCUT2D eigenvalue weighted by Crippen LogP contribution is 2.41. The highest BCUT2D eigenvalue weighted by atomic mass is 19.4. The number of alkyl halides is 3. The molecule has 6 heteroatoms. The first-order valence-electron chi connectivity index (χ1n) is 4.56. The number of hydrogen-bond donors (Lipinski definition) is 2. The second kappa shape index (κ2) is 4.39. The standard InChI is InChI=1S/C10H11F4NO/c11-8-3-1-2-7(6-8)9(16,4-5-15)10(12,13)14/h1-3,6,16H,4-5,15H2. The van der Waals surface area contributed by atoms with Crippen LogP contribution in [0.2, 0.25) is 0 Å². The molecule has 0 bridgehead atoms. The number of halogens is 4. The van der Waals surface area contributed by atoms with Crippen LogP contribution in [0, 0.1) is 5.82 Å². The SMILES string of the molecule is NCCC(O)(c1cccc(F)c1)C(F)(F)F. The Labute approximate surface area is 89.7 Å². The molecule has 2 nitrogen and oxygen atoms in total. The van der Waals surface area contributed by atoms with Gasteiger partial charge in [-0.05, 0) is 24.2 Å². The van der Waals surface area contributed by atoms with E-state index in [2.05, 4.69) is 0 Å². The van der Waals surface area contributed by atoms with Crippen molar-refractivity contribution in [2.75, 3.05) is 6.54 Å². The zero-order valence-electron chi connectivity index (χ0n) is 8.26. The number of aliphatic hydroxyl groups is 1. The molecule has 0 aliphatic carbocycles. The molecular formula is C10H11F4NO. The van der Waals surface area contributed by atoms with Crippen molar-refractivity contribution in [2.45, 2.75) is 18.2 Å². The van der Waals surface area contributed by atoms with E-state index in [0.717, 1.165) is 18.2 Å². The van der Waals surface area contributed by atoms with Crippen molar-refractivity contribution in [3.63, 3.8) is 0 Å². The Morgan fingerprint density at radius 3 is 2.31 bits per heavy atom. The summed E-state index contributed by atoms with van der Waals surface area (Å²) in [7, 11) is 0. The second-order valence-electron chi connectivity index (χ2n) is 3.41. The van der Waals surface area contributed by atoms with Gasteiger partial charge in [0.25, 0.3) is 0 Å². The highest BCUT2D eigenvalue weighted by molar-refractivity contribution is 5.25. The molecule has 1 rings (SSSR count). The maximum atomic E-state index is 12.8. The molecule has 0 fully saturated rings. The van der Waals surface area contributed by atoms with Crippen LogP contribution in [-0.2, 0) is 5.60 Å². The lowest BCUT2D eigenvalue weighted by molar-refractivity contribution is -0.268. The molecule has 0 saturated heterocycles. The first kappa shape index (κ1) is 12.9. The molecule has 90 valence electrons. The largest absolute Gasteiger partial charge is 0.421 e. The molecule has 16 heavy (non-hydrogen) atoms. The van der Waals surface area contributed by atoms with Crippen LogP contribution in [0.4, 0.5) is 17.6 Å².